The molecule has 6 radical (unpaired) electrons. The molecule has 0 aliphatic rings. The molecule has 0 spiro atoms. The number of aryl methyl sites for hydroxylation is 1. The zero-order chi connectivity index (χ0) is 32.0. The summed E-state index contributed by atoms with van der Waals surface area (Å²) < 4.78 is 0. The predicted molar refractivity (Wildman–Crippen MR) is 176 cm³/mol. The van der Waals surface area contributed by atoms with Crippen LogP contribution in [0.15, 0.2) is 93.7 Å². The van der Waals surface area contributed by atoms with E-state index in [9.17, 15) is 35.7 Å². The minimum Gasteiger partial charge on any atom is -0.508 e. The number of hydrogen-bond donors (Lipinski definition) is 8. The number of hydrogen-bond acceptors (Lipinski definition) is 8. The van der Waals surface area contributed by atoms with Crippen LogP contribution in [0.3, 0.4) is 0 Å². The van der Waals surface area contributed by atoms with E-state index >= 15 is 0 Å². The summed E-state index contributed by atoms with van der Waals surface area (Å²) in [4.78, 5) is 5.18. The minimum absolute atomic E-state index is 0.0555. The molecule has 0 aliphatic heterocycles. The fraction of sp³-hybridized carbons (Fsp3) is 0.0625. The Balaban J connectivity index is 1.52. The van der Waals surface area contributed by atoms with Gasteiger partial charge >= 0.3 is 0 Å². The maximum Gasteiger partial charge on any atom is 0.200 e. The van der Waals surface area contributed by atoms with Gasteiger partial charge in [-0.3, -0.25) is 0 Å². The smallest absolute Gasteiger partial charge is 0.200 e. The summed E-state index contributed by atoms with van der Waals surface area (Å²) in [7, 11) is 17.6. The molecule has 8 nitrogen and oxygen atoms in total. The molecule has 0 bridgehead atoms. The van der Waals surface area contributed by atoms with E-state index in [0.717, 1.165) is 37.2 Å². The van der Waals surface area contributed by atoms with Crippen molar-refractivity contribution in [1.82, 2.24) is 4.98 Å². The third kappa shape index (κ3) is 5.27. The van der Waals surface area contributed by atoms with Crippen molar-refractivity contribution < 1.29 is 35.7 Å². The van der Waals surface area contributed by atoms with Crippen molar-refractivity contribution in [2.45, 2.75) is 16.7 Å². The number of aliphatic hydroxyl groups is 4. The van der Waals surface area contributed by atoms with E-state index in [0.29, 0.717) is 11.1 Å². The lowest BCUT2D eigenvalue weighted by molar-refractivity contribution is 0.320. The summed E-state index contributed by atoms with van der Waals surface area (Å²) in [5.74, 6) is -3.92. The van der Waals surface area contributed by atoms with Gasteiger partial charge in [0.05, 0.1) is 12.2 Å². The number of aromatic amines is 1. The van der Waals surface area contributed by atoms with E-state index in [-0.39, 0.29) is 27.5 Å². The van der Waals surface area contributed by atoms with Gasteiger partial charge in [-0.1, -0.05) is 52.9 Å². The standard InChI is InChI=1S/C32H24B3NO7S/c1-13-9-18-19-10-16(24-26(34)27(35)31(42)32(43)30(24)41)5-8-21(19)36-22(18)11-23(13)44-17-6-3-15(4-7-17)25(28(39)14(2)38)29(40)20(33)12-37/h3-11,36-43H,2,12H2,1H3/b28-25+,29-20-. The Hall–Kier alpha value is -4.80. The van der Waals surface area contributed by atoms with Gasteiger partial charge in [-0.2, -0.15) is 0 Å². The van der Waals surface area contributed by atoms with Crippen molar-refractivity contribution in [3.05, 3.63) is 95.1 Å². The molecule has 5 aromatic rings. The highest BCUT2D eigenvalue weighted by molar-refractivity contribution is 7.99. The molecule has 4 aromatic carbocycles. The molecule has 1 heterocycles. The van der Waals surface area contributed by atoms with Crippen LogP contribution in [0.2, 0.25) is 0 Å². The van der Waals surface area contributed by atoms with Crippen molar-refractivity contribution in [2.75, 3.05) is 6.61 Å². The highest BCUT2D eigenvalue weighted by atomic mass is 32.2. The van der Waals surface area contributed by atoms with Crippen LogP contribution in [0.4, 0.5) is 0 Å². The van der Waals surface area contributed by atoms with Crippen LogP contribution in [0.1, 0.15) is 11.1 Å². The largest absolute Gasteiger partial charge is 0.508 e. The van der Waals surface area contributed by atoms with Crippen LogP contribution < -0.4 is 10.9 Å². The predicted octanol–water partition coefficient (Wildman–Crippen LogP) is 4.42. The number of aromatic hydroxyl groups is 3. The molecule has 5 rings (SSSR count). The molecule has 8 N–H and O–H groups in total. The van der Waals surface area contributed by atoms with Crippen molar-refractivity contribution in [3.63, 3.8) is 0 Å². The quantitative estimate of drug-likeness (QED) is 0.0592. The first-order valence-corrected chi connectivity index (χ1v) is 13.9. The van der Waals surface area contributed by atoms with E-state index in [4.69, 9.17) is 23.5 Å². The fourth-order valence-corrected chi connectivity index (χ4v) is 5.85. The lowest BCUT2D eigenvalue weighted by Gasteiger charge is -2.16. The van der Waals surface area contributed by atoms with E-state index in [1.54, 1.807) is 30.3 Å². The lowest BCUT2D eigenvalue weighted by Crippen LogP contribution is -2.28. The van der Waals surface area contributed by atoms with E-state index in [1.165, 1.54) is 11.8 Å². The maximum atomic E-state index is 10.5. The Bertz CT molecular complexity index is 2020. The zero-order valence-electron chi connectivity index (χ0n) is 23.4. The van der Waals surface area contributed by atoms with Gasteiger partial charge in [0.1, 0.15) is 29.3 Å². The van der Waals surface area contributed by atoms with E-state index in [1.807, 2.05) is 31.2 Å². The number of aliphatic hydroxyl groups excluding tert-OH is 4. The molecule has 0 atom stereocenters. The number of fused-ring (bicyclic) bond motifs is 3. The number of phenols is 3. The van der Waals surface area contributed by atoms with Gasteiger partial charge in [0, 0.05) is 37.2 Å². The normalized spacial score (nSPS) is 12.8. The highest BCUT2D eigenvalue weighted by Gasteiger charge is 2.21. The molecule has 0 saturated carbocycles. The topological polar surface area (TPSA) is 157 Å². The summed E-state index contributed by atoms with van der Waals surface area (Å²) >= 11 is 1.48. The second kappa shape index (κ2) is 11.7. The first-order valence-electron chi connectivity index (χ1n) is 13.1. The van der Waals surface area contributed by atoms with Gasteiger partial charge in [-0.15, -0.1) is 0 Å². The molecule has 1 aromatic heterocycles. The third-order valence-corrected chi connectivity index (χ3v) is 8.44. The Morgan fingerprint density at radius 2 is 1.48 bits per heavy atom. The number of rotatable bonds is 7. The summed E-state index contributed by atoms with van der Waals surface area (Å²) in [5, 5.41) is 72.2. The van der Waals surface area contributed by atoms with Crippen LogP contribution >= 0.6 is 11.8 Å². The number of phenolic OH excluding ortho intramolecular Hbond substituents is 3. The first kappa shape index (κ1) is 30.7. The number of aromatic nitrogens is 1. The van der Waals surface area contributed by atoms with Crippen molar-refractivity contribution in [1.29, 1.82) is 0 Å². The average Bonchev–Trinajstić information content (AvgIpc) is 3.36. The molecular weight excluding hydrogens is 575 g/mol. The van der Waals surface area contributed by atoms with Crippen molar-refractivity contribution >= 4 is 73.6 Å². The number of H-pyrrole nitrogens is 1. The van der Waals surface area contributed by atoms with E-state index < -0.39 is 41.1 Å². The number of allylic oxidation sites excluding steroid dienone is 1. The fourth-order valence-electron chi connectivity index (χ4n) is 4.92. The number of nitrogens with one attached hydrogen (secondary N) is 1. The van der Waals surface area contributed by atoms with Crippen molar-refractivity contribution in [2.24, 2.45) is 0 Å². The average molecular weight is 599 g/mol. The van der Waals surface area contributed by atoms with E-state index in [2.05, 4.69) is 11.6 Å². The van der Waals surface area contributed by atoms with Crippen LogP contribution in [-0.2, 0) is 0 Å². The molecule has 0 unspecified atom stereocenters. The Morgan fingerprint density at radius 1 is 0.818 bits per heavy atom. The van der Waals surface area contributed by atoms with Gasteiger partial charge in [0.25, 0.3) is 0 Å². The van der Waals surface area contributed by atoms with Crippen LogP contribution in [-0.4, -0.2) is 70.9 Å². The van der Waals surface area contributed by atoms with Crippen LogP contribution in [0.25, 0.3) is 38.5 Å². The van der Waals surface area contributed by atoms with Gasteiger partial charge < -0.3 is 40.7 Å². The lowest BCUT2D eigenvalue weighted by atomic mass is 9.75. The molecule has 0 amide bonds. The highest BCUT2D eigenvalue weighted by Crippen LogP contribution is 2.42. The number of benzene rings is 4. The summed E-state index contributed by atoms with van der Waals surface area (Å²) in [6.45, 7) is 4.60. The minimum atomic E-state index is -0.748. The SMILES string of the molecule is [B]/C(CO)=C(O)/C(=C(/O)C(=C)O)c1ccc(Sc2cc3[nH]c4ccc(-c5c([B])c([B])c(O)c(O)c5O)cc4c3cc2C)cc1. The Kier molecular flexibility index (Phi) is 8.16. The first-order chi connectivity index (χ1) is 20.8. The monoisotopic (exact) mass is 599 g/mol. The van der Waals surface area contributed by atoms with Crippen molar-refractivity contribution in [3.8, 4) is 28.4 Å². The third-order valence-electron chi connectivity index (χ3n) is 7.28. The van der Waals surface area contributed by atoms with Gasteiger partial charge in [-0.05, 0) is 60.0 Å². The molecule has 12 heteroatoms. The zero-order valence-corrected chi connectivity index (χ0v) is 24.2. The van der Waals surface area contributed by atoms with Crippen LogP contribution in [0, 0.1) is 6.92 Å². The molecule has 0 saturated heterocycles. The Morgan fingerprint density at radius 3 is 2.11 bits per heavy atom. The maximum absolute atomic E-state index is 10.5. The summed E-state index contributed by atoms with van der Waals surface area (Å²) in [6, 6.07) is 16.2. The molecule has 44 heavy (non-hydrogen) atoms. The van der Waals surface area contributed by atoms with Gasteiger partial charge in [-0.25, -0.2) is 0 Å². The molecule has 214 valence electrons. The second-order valence-electron chi connectivity index (χ2n) is 10.1. The molecule has 0 fully saturated rings. The Labute approximate surface area is 260 Å². The summed E-state index contributed by atoms with van der Waals surface area (Å²) in [5.41, 5.74) is 2.84. The van der Waals surface area contributed by atoms with Gasteiger partial charge in [0.15, 0.2) is 28.8 Å². The van der Waals surface area contributed by atoms with Gasteiger partial charge in [0.2, 0.25) is 0 Å². The molecule has 0 aliphatic carbocycles. The van der Waals surface area contributed by atoms with Crippen LogP contribution in [0.5, 0.6) is 17.2 Å². The molecular formula is C32H24B3NO7S. The second-order valence-corrected chi connectivity index (χ2v) is 11.2. The summed E-state index contributed by atoms with van der Waals surface area (Å²) in [6.07, 6.45) is 0.